The van der Waals surface area contributed by atoms with Crippen molar-refractivity contribution in [2.45, 2.75) is 26.2 Å². The number of nitrogens with zero attached hydrogens (tertiary/aromatic N) is 1. The Morgan fingerprint density at radius 1 is 1.67 bits per heavy atom. The van der Waals surface area contributed by atoms with E-state index in [1.54, 1.807) is 18.3 Å². The number of carbonyl (C=O) groups excluding carboxylic acids is 1. The molecule has 1 aliphatic rings. The number of nitrogens with one attached hydrogen (secondary N) is 1. The van der Waals surface area contributed by atoms with Gasteiger partial charge >= 0.3 is 0 Å². The van der Waals surface area contributed by atoms with Gasteiger partial charge in [0.15, 0.2) is 0 Å². The van der Waals surface area contributed by atoms with Crippen LogP contribution in [0.2, 0.25) is 0 Å². The molecule has 1 aromatic heterocycles. The monoisotopic (exact) mass is 267 g/mol. The SMILES string of the molecule is CC(CNC(=O)c1cc2c(s1)CCC2)C(N)=NO. The number of oxime groups is 1. The van der Waals surface area contributed by atoms with Gasteiger partial charge in [0.1, 0.15) is 5.84 Å². The lowest BCUT2D eigenvalue weighted by Crippen LogP contribution is -2.34. The fourth-order valence-corrected chi connectivity index (χ4v) is 3.15. The first-order chi connectivity index (χ1) is 8.61. The third-order valence-corrected chi connectivity index (χ3v) is 4.40. The fraction of sp³-hybridized carbons (Fsp3) is 0.500. The molecule has 1 atom stereocenters. The van der Waals surface area contributed by atoms with Gasteiger partial charge in [-0.05, 0) is 30.9 Å². The third-order valence-electron chi connectivity index (χ3n) is 3.16. The largest absolute Gasteiger partial charge is 0.409 e. The van der Waals surface area contributed by atoms with Crippen molar-refractivity contribution >= 4 is 23.1 Å². The molecular formula is C12H17N3O2S. The number of thiophene rings is 1. The molecule has 0 radical (unpaired) electrons. The van der Waals surface area contributed by atoms with Crippen molar-refractivity contribution < 1.29 is 10.0 Å². The van der Waals surface area contributed by atoms with Crippen LogP contribution in [0.1, 0.15) is 33.5 Å². The Balaban J connectivity index is 1.92. The lowest BCUT2D eigenvalue weighted by atomic mass is 10.1. The van der Waals surface area contributed by atoms with Crippen LogP contribution in [0.25, 0.3) is 0 Å². The molecule has 18 heavy (non-hydrogen) atoms. The number of amides is 1. The molecule has 1 aromatic rings. The summed E-state index contributed by atoms with van der Waals surface area (Å²) in [6.07, 6.45) is 3.37. The van der Waals surface area contributed by atoms with E-state index in [0.717, 1.165) is 17.7 Å². The number of nitrogens with two attached hydrogens (primary N) is 1. The first kappa shape index (κ1) is 12.9. The molecule has 6 heteroatoms. The normalized spacial score (nSPS) is 16.4. The minimum atomic E-state index is -0.175. The Morgan fingerprint density at radius 2 is 2.44 bits per heavy atom. The van der Waals surface area contributed by atoms with E-state index in [1.807, 2.05) is 6.07 Å². The van der Waals surface area contributed by atoms with Crippen LogP contribution in [-0.4, -0.2) is 23.5 Å². The summed E-state index contributed by atoms with van der Waals surface area (Å²) in [5.41, 5.74) is 6.77. The van der Waals surface area contributed by atoms with Crippen LogP contribution in [-0.2, 0) is 12.8 Å². The van der Waals surface area contributed by atoms with Crippen LogP contribution in [0, 0.1) is 5.92 Å². The zero-order valence-electron chi connectivity index (χ0n) is 10.3. The molecule has 5 nitrogen and oxygen atoms in total. The average molecular weight is 267 g/mol. The first-order valence-electron chi connectivity index (χ1n) is 5.99. The summed E-state index contributed by atoms with van der Waals surface area (Å²) in [6.45, 7) is 2.17. The number of aryl methyl sites for hydroxylation is 2. The van der Waals surface area contributed by atoms with Crippen LogP contribution in [0.4, 0.5) is 0 Å². The van der Waals surface area contributed by atoms with E-state index < -0.39 is 0 Å². The molecule has 1 heterocycles. The first-order valence-corrected chi connectivity index (χ1v) is 6.80. The highest BCUT2D eigenvalue weighted by molar-refractivity contribution is 7.14. The third kappa shape index (κ3) is 2.64. The van der Waals surface area contributed by atoms with Crippen molar-refractivity contribution in [3.63, 3.8) is 0 Å². The Bertz CT molecular complexity index is 460. The standard InChI is InChI=1S/C12H17N3O2S/c1-7(11(13)15-17)6-14-12(16)10-5-8-3-2-4-9(8)18-10/h5,7,17H,2-4,6H2,1H3,(H2,13,15)(H,14,16). The van der Waals surface area contributed by atoms with Gasteiger partial charge in [0.25, 0.3) is 5.91 Å². The second-order valence-electron chi connectivity index (χ2n) is 4.55. The number of amidine groups is 1. The van der Waals surface area contributed by atoms with Crippen molar-refractivity contribution in [3.8, 4) is 0 Å². The maximum absolute atomic E-state index is 11.9. The van der Waals surface area contributed by atoms with Gasteiger partial charge in [-0.1, -0.05) is 12.1 Å². The second-order valence-corrected chi connectivity index (χ2v) is 5.69. The van der Waals surface area contributed by atoms with Crippen molar-refractivity contribution in [1.29, 1.82) is 0 Å². The number of carbonyl (C=O) groups is 1. The van der Waals surface area contributed by atoms with Crippen molar-refractivity contribution in [2.24, 2.45) is 16.8 Å². The molecular weight excluding hydrogens is 250 g/mol. The molecule has 1 aliphatic carbocycles. The van der Waals surface area contributed by atoms with E-state index >= 15 is 0 Å². The topological polar surface area (TPSA) is 87.7 Å². The van der Waals surface area contributed by atoms with Crippen LogP contribution < -0.4 is 11.1 Å². The number of hydrogen-bond acceptors (Lipinski definition) is 4. The van der Waals surface area contributed by atoms with Gasteiger partial charge in [-0.25, -0.2) is 0 Å². The highest BCUT2D eigenvalue weighted by Gasteiger charge is 2.19. The number of rotatable bonds is 4. The summed E-state index contributed by atoms with van der Waals surface area (Å²) in [6, 6.07) is 1.98. The lowest BCUT2D eigenvalue weighted by molar-refractivity contribution is 0.0955. The molecule has 0 fully saturated rings. The van der Waals surface area contributed by atoms with Gasteiger partial charge in [-0.15, -0.1) is 11.3 Å². The molecule has 1 amide bonds. The summed E-state index contributed by atoms with van der Waals surface area (Å²) in [5.74, 6) is -0.123. The highest BCUT2D eigenvalue weighted by Crippen LogP contribution is 2.30. The molecule has 4 N–H and O–H groups in total. The van der Waals surface area contributed by atoms with Crippen LogP contribution in [0.5, 0.6) is 0 Å². The Labute approximate surface area is 110 Å². The summed E-state index contributed by atoms with van der Waals surface area (Å²) >= 11 is 1.57. The minimum absolute atomic E-state index is 0.0769. The van der Waals surface area contributed by atoms with Gasteiger partial charge in [-0.3, -0.25) is 4.79 Å². The van der Waals surface area contributed by atoms with E-state index in [0.29, 0.717) is 6.54 Å². The molecule has 0 aromatic carbocycles. The zero-order valence-corrected chi connectivity index (χ0v) is 11.1. The molecule has 0 saturated heterocycles. The zero-order chi connectivity index (χ0) is 13.1. The Kier molecular flexibility index (Phi) is 3.86. The van der Waals surface area contributed by atoms with Crippen molar-refractivity contribution in [1.82, 2.24) is 5.32 Å². The van der Waals surface area contributed by atoms with Crippen LogP contribution in [0.15, 0.2) is 11.2 Å². The molecule has 98 valence electrons. The Morgan fingerprint density at radius 3 is 3.11 bits per heavy atom. The van der Waals surface area contributed by atoms with Gasteiger partial charge in [0.05, 0.1) is 4.88 Å². The lowest BCUT2D eigenvalue weighted by Gasteiger charge is -2.10. The number of hydrogen-bond donors (Lipinski definition) is 3. The molecule has 0 saturated carbocycles. The van der Waals surface area contributed by atoms with Gasteiger partial charge in [-0.2, -0.15) is 0 Å². The summed E-state index contributed by atoms with van der Waals surface area (Å²) < 4.78 is 0. The average Bonchev–Trinajstić information content (AvgIpc) is 2.94. The van der Waals surface area contributed by atoms with E-state index in [4.69, 9.17) is 10.9 Å². The fourth-order valence-electron chi connectivity index (χ4n) is 1.98. The van der Waals surface area contributed by atoms with Crippen LogP contribution in [0.3, 0.4) is 0 Å². The predicted octanol–water partition coefficient (Wildman–Crippen LogP) is 1.35. The molecule has 1 unspecified atom stereocenters. The summed E-state index contributed by atoms with van der Waals surface area (Å²) in [4.78, 5) is 14.0. The van der Waals surface area contributed by atoms with Gasteiger partial charge in [0.2, 0.25) is 0 Å². The second kappa shape index (κ2) is 5.39. The molecule has 0 spiro atoms. The Hall–Kier alpha value is -1.56. The van der Waals surface area contributed by atoms with Crippen molar-refractivity contribution in [3.05, 3.63) is 21.4 Å². The van der Waals surface area contributed by atoms with E-state index in [9.17, 15) is 4.79 Å². The smallest absolute Gasteiger partial charge is 0.261 e. The maximum Gasteiger partial charge on any atom is 0.261 e. The van der Waals surface area contributed by atoms with Gasteiger partial charge in [0, 0.05) is 17.3 Å². The van der Waals surface area contributed by atoms with E-state index in [-0.39, 0.29) is 17.7 Å². The van der Waals surface area contributed by atoms with Gasteiger partial charge < -0.3 is 16.3 Å². The molecule has 0 bridgehead atoms. The minimum Gasteiger partial charge on any atom is -0.409 e. The molecule has 0 aliphatic heterocycles. The number of fused-ring (bicyclic) bond motifs is 1. The van der Waals surface area contributed by atoms with E-state index in [1.165, 1.54) is 16.9 Å². The quantitative estimate of drug-likeness (QED) is 0.333. The maximum atomic E-state index is 11.9. The predicted molar refractivity (Wildman–Crippen MR) is 71.3 cm³/mol. The van der Waals surface area contributed by atoms with Crippen molar-refractivity contribution in [2.75, 3.05) is 6.54 Å². The highest BCUT2D eigenvalue weighted by atomic mass is 32.1. The summed E-state index contributed by atoms with van der Waals surface area (Å²) in [7, 11) is 0. The molecule has 2 rings (SSSR count). The summed E-state index contributed by atoms with van der Waals surface area (Å²) in [5, 5.41) is 14.2. The van der Waals surface area contributed by atoms with Crippen LogP contribution >= 0.6 is 11.3 Å². The van der Waals surface area contributed by atoms with E-state index in [2.05, 4.69) is 10.5 Å².